The molecule has 2 rings (SSSR count). The molecule has 3 nitrogen and oxygen atoms in total. The summed E-state index contributed by atoms with van der Waals surface area (Å²) < 4.78 is 37.6. The SMILES string of the molecule is COc1ccc(CNc2cc(F)c(C)cc2F)c(OC)c1. The smallest absolute Gasteiger partial charge is 0.146 e. The fourth-order valence-electron chi connectivity index (χ4n) is 1.97. The molecule has 0 saturated carbocycles. The summed E-state index contributed by atoms with van der Waals surface area (Å²) in [4.78, 5) is 0. The van der Waals surface area contributed by atoms with Gasteiger partial charge in [0.1, 0.15) is 23.1 Å². The average Bonchev–Trinajstić information content (AvgIpc) is 2.49. The van der Waals surface area contributed by atoms with E-state index in [1.807, 2.05) is 6.07 Å². The molecule has 0 saturated heterocycles. The quantitative estimate of drug-likeness (QED) is 0.907. The third-order valence-corrected chi connectivity index (χ3v) is 3.21. The van der Waals surface area contributed by atoms with E-state index in [1.165, 1.54) is 13.0 Å². The van der Waals surface area contributed by atoms with E-state index < -0.39 is 11.6 Å². The lowest BCUT2D eigenvalue weighted by Crippen LogP contribution is -2.04. The van der Waals surface area contributed by atoms with Crippen molar-refractivity contribution in [1.29, 1.82) is 0 Å². The highest BCUT2D eigenvalue weighted by molar-refractivity contribution is 5.49. The highest BCUT2D eigenvalue weighted by Crippen LogP contribution is 2.26. The zero-order valence-corrected chi connectivity index (χ0v) is 12.2. The Hall–Kier alpha value is -2.30. The van der Waals surface area contributed by atoms with Crippen molar-refractivity contribution in [1.82, 2.24) is 0 Å². The number of nitrogens with one attached hydrogen (secondary N) is 1. The molecule has 0 spiro atoms. The van der Waals surface area contributed by atoms with E-state index in [2.05, 4.69) is 5.32 Å². The molecule has 0 amide bonds. The average molecular weight is 293 g/mol. The lowest BCUT2D eigenvalue weighted by atomic mass is 10.1. The molecule has 0 atom stereocenters. The van der Waals surface area contributed by atoms with Crippen molar-refractivity contribution in [3.63, 3.8) is 0 Å². The molecule has 0 aliphatic carbocycles. The van der Waals surface area contributed by atoms with E-state index in [4.69, 9.17) is 9.47 Å². The normalized spacial score (nSPS) is 10.3. The molecule has 21 heavy (non-hydrogen) atoms. The summed E-state index contributed by atoms with van der Waals surface area (Å²) in [6.45, 7) is 1.83. The van der Waals surface area contributed by atoms with E-state index in [0.717, 1.165) is 11.6 Å². The van der Waals surface area contributed by atoms with Crippen LogP contribution in [0.1, 0.15) is 11.1 Å². The van der Waals surface area contributed by atoms with Crippen LogP contribution < -0.4 is 14.8 Å². The fraction of sp³-hybridized carbons (Fsp3) is 0.250. The standard InChI is InChI=1S/C16H17F2NO2/c1-10-6-14(18)15(8-13(10)17)19-9-11-4-5-12(20-2)7-16(11)21-3/h4-8,19H,9H2,1-3H3. The zero-order chi connectivity index (χ0) is 15.4. The van der Waals surface area contributed by atoms with E-state index in [1.54, 1.807) is 26.4 Å². The Labute approximate surface area is 122 Å². The number of hydrogen-bond donors (Lipinski definition) is 1. The Balaban J connectivity index is 2.18. The molecule has 2 aromatic carbocycles. The van der Waals surface area contributed by atoms with Crippen molar-refractivity contribution in [2.24, 2.45) is 0 Å². The van der Waals surface area contributed by atoms with Gasteiger partial charge >= 0.3 is 0 Å². The van der Waals surface area contributed by atoms with Crippen LogP contribution in [0.15, 0.2) is 30.3 Å². The third kappa shape index (κ3) is 3.42. The van der Waals surface area contributed by atoms with Gasteiger partial charge in [0, 0.05) is 24.2 Å². The molecule has 0 aromatic heterocycles. The first-order valence-corrected chi connectivity index (χ1v) is 6.45. The van der Waals surface area contributed by atoms with Gasteiger partial charge < -0.3 is 14.8 Å². The van der Waals surface area contributed by atoms with Crippen LogP contribution in [0.3, 0.4) is 0 Å². The molecule has 0 heterocycles. The van der Waals surface area contributed by atoms with Crippen molar-refractivity contribution < 1.29 is 18.3 Å². The Kier molecular flexibility index (Phi) is 4.62. The Morgan fingerprint density at radius 2 is 1.76 bits per heavy atom. The minimum absolute atomic E-state index is 0.121. The number of methoxy groups -OCH3 is 2. The van der Waals surface area contributed by atoms with Gasteiger partial charge in [-0.25, -0.2) is 8.78 Å². The third-order valence-electron chi connectivity index (χ3n) is 3.21. The number of anilines is 1. The van der Waals surface area contributed by atoms with Gasteiger partial charge in [-0.1, -0.05) is 0 Å². The van der Waals surface area contributed by atoms with Crippen LogP contribution in [0.25, 0.3) is 0 Å². The highest BCUT2D eigenvalue weighted by Gasteiger charge is 2.09. The van der Waals surface area contributed by atoms with E-state index in [-0.39, 0.29) is 11.3 Å². The van der Waals surface area contributed by atoms with Gasteiger partial charge in [0.15, 0.2) is 0 Å². The number of hydrogen-bond acceptors (Lipinski definition) is 3. The minimum Gasteiger partial charge on any atom is -0.497 e. The molecule has 0 radical (unpaired) electrons. The lowest BCUT2D eigenvalue weighted by Gasteiger charge is -2.13. The van der Waals surface area contributed by atoms with Crippen LogP contribution in [-0.4, -0.2) is 14.2 Å². The lowest BCUT2D eigenvalue weighted by molar-refractivity contribution is 0.391. The van der Waals surface area contributed by atoms with Crippen LogP contribution in [0, 0.1) is 18.6 Å². The minimum atomic E-state index is -0.485. The van der Waals surface area contributed by atoms with E-state index >= 15 is 0 Å². The predicted molar refractivity (Wildman–Crippen MR) is 78.0 cm³/mol. The van der Waals surface area contributed by atoms with Crippen LogP contribution in [0.5, 0.6) is 11.5 Å². The van der Waals surface area contributed by atoms with Gasteiger partial charge in [-0.15, -0.1) is 0 Å². The Morgan fingerprint density at radius 3 is 2.43 bits per heavy atom. The van der Waals surface area contributed by atoms with Gasteiger partial charge in [0.2, 0.25) is 0 Å². The van der Waals surface area contributed by atoms with Crippen LogP contribution in [-0.2, 0) is 6.54 Å². The maximum absolute atomic E-state index is 13.8. The Morgan fingerprint density at radius 1 is 1.00 bits per heavy atom. The molecule has 0 fully saturated rings. The molecule has 1 N–H and O–H groups in total. The maximum Gasteiger partial charge on any atom is 0.146 e. The Bertz CT molecular complexity index is 644. The second-order valence-corrected chi connectivity index (χ2v) is 4.61. The van der Waals surface area contributed by atoms with Gasteiger partial charge in [-0.3, -0.25) is 0 Å². The van der Waals surface area contributed by atoms with Crippen LogP contribution in [0.2, 0.25) is 0 Å². The molecule has 0 unspecified atom stereocenters. The summed E-state index contributed by atoms with van der Waals surface area (Å²) in [5.74, 6) is 0.361. The molecular weight excluding hydrogens is 276 g/mol. The van der Waals surface area contributed by atoms with E-state index in [9.17, 15) is 8.78 Å². The summed E-state index contributed by atoms with van der Waals surface area (Å²) in [6.07, 6.45) is 0. The number of benzene rings is 2. The van der Waals surface area contributed by atoms with Crippen molar-refractivity contribution >= 4 is 5.69 Å². The monoisotopic (exact) mass is 293 g/mol. The number of rotatable bonds is 5. The first kappa shape index (κ1) is 15.1. The summed E-state index contributed by atoms with van der Waals surface area (Å²) in [5, 5.41) is 2.87. The van der Waals surface area contributed by atoms with Gasteiger partial charge in [-0.2, -0.15) is 0 Å². The van der Waals surface area contributed by atoms with E-state index in [0.29, 0.717) is 18.0 Å². The first-order valence-electron chi connectivity index (χ1n) is 6.45. The van der Waals surface area contributed by atoms with Crippen molar-refractivity contribution in [3.05, 3.63) is 53.1 Å². The summed E-state index contributed by atoms with van der Waals surface area (Å²) in [7, 11) is 3.11. The maximum atomic E-state index is 13.8. The molecular formula is C16H17F2NO2. The van der Waals surface area contributed by atoms with Gasteiger partial charge in [-0.05, 0) is 30.7 Å². The zero-order valence-electron chi connectivity index (χ0n) is 12.2. The first-order chi connectivity index (χ1) is 10.0. The summed E-state index contributed by atoms with van der Waals surface area (Å²) >= 11 is 0. The van der Waals surface area contributed by atoms with Gasteiger partial charge in [0.05, 0.1) is 19.9 Å². The number of ether oxygens (including phenoxy) is 2. The molecule has 0 aliphatic rings. The van der Waals surface area contributed by atoms with Crippen LogP contribution in [0.4, 0.5) is 14.5 Å². The predicted octanol–water partition coefficient (Wildman–Crippen LogP) is 3.90. The number of aryl methyl sites for hydroxylation is 1. The largest absolute Gasteiger partial charge is 0.497 e. The summed E-state index contributed by atoms with van der Waals surface area (Å²) in [5.41, 5.74) is 1.22. The molecule has 0 aliphatic heterocycles. The number of halogens is 2. The molecule has 0 bridgehead atoms. The second kappa shape index (κ2) is 6.43. The fourth-order valence-corrected chi connectivity index (χ4v) is 1.97. The van der Waals surface area contributed by atoms with Crippen molar-refractivity contribution in [3.8, 4) is 11.5 Å². The van der Waals surface area contributed by atoms with Gasteiger partial charge in [0.25, 0.3) is 0 Å². The van der Waals surface area contributed by atoms with Crippen molar-refractivity contribution in [2.75, 3.05) is 19.5 Å². The molecule has 5 heteroatoms. The summed E-state index contributed by atoms with van der Waals surface area (Å²) in [6, 6.07) is 7.66. The topological polar surface area (TPSA) is 30.5 Å². The molecule has 2 aromatic rings. The second-order valence-electron chi connectivity index (χ2n) is 4.61. The molecule has 112 valence electrons. The van der Waals surface area contributed by atoms with Crippen molar-refractivity contribution in [2.45, 2.75) is 13.5 Å². The van der Waals surface area contributed by atoms with Crippen LogP contribution >= 0.6 is 0 Å². The highest BCUT2D eigenvalue weighted by atomic mass is 19.1.